The first kappa shape index (κ1) is 45.9. The SMILES string of the molecule is CC(=O)CC[C@H](NC(=O)CCC(=O)NCCOCCOCCNC(=O)CCCCCCCCCCCCCCCCCCC(=O)O)C(=O)O. The molecule has 3 amide bonds. The number of Topliss-reactive ketones (excluding diaryl/α,β-unsaturated/α-hetero) is 1. The van der Waals surface area contributed by atoms with Crippen molar-refractivity contribution in [2.24, 2.45) is 0 Å². The molecule has 284 valence electrons. The van der Waals surface area contributed by atoms with E-state index in [1.165, 1.54) is 77.6 Å². The number of carboxylic acids is 2. The van der Waals surface area contributed by atoms with Gasteiger partial charge in [0.2, 0.25) is 17.7 Å². The van der Waals surface area contributed by atoms with Gasteiger partial charge in [-0.25, -0.2) is 4.79 Å². The van der Waals surface area contributed by atoms with Crippen molar-refractivity contribution in [3.8, 4) is 0 Å². The molecule has 0 aliphatic heterocycles. The van der Waals surface area contributed by atoms with Crippen LogP contribution in [0.15, 0.2) is 0 Å². The number of ketones is 1. The molecule has 5 N–H and O–H groups in total. The second-order valence-corrected chi connectivity index (χ2v) is 12.7. The van der Waals surface area contributed by atoms with Gasteiger partial charge in [0.25, 0.3) is 0 Å². The summed E-state index contributed by atoms with van der Waals surface area (Å²) in [5, 5.41) is 25.6. The molecule has 0 aromatic heterocycles. The molecule has 0 aliphatic rings. The Labute approximate surface area is 293 Å². The molecule has 0 unspecified atom stereocenters. The summed E-state index contributed by atoms with van der Waals surface area (Å²) in [6, 6.07) is -1.16. The van der Waals surface area contributed by atoms with Gasteiger partial charge in [-0.2, -0.15) is 0 Å². The van der Waals surface area contributed by atoms with E-state index in [0.717, 1.165) is 32.1 Å². The van der Waals surface area contributed by atoms with Crippen LogP contribution in [0.5, 0.6) is 0 Å². The first-order valence-corrected chi connectivity index (χ1v) is 18.5. The van der Waals surface area contributed by atoms with Gasteiger partial charge < -0.3 is 40.4 Å². The van der Waals surface area contributed by atoms with E-state index >= 15 is 0 Å². The van der Waals surface area contributed by atoms with Crippen LogP contribution < -0.4 is 16.0 Å². The normalized spacial score (nSPS) is 11.5. The summed E-state index contributed by atoms with van der Waals surface area (Å²) in [6.07, 6.45) is 19.6. The molecular weight excluding hydrogens is 634 g/mol. The number of hydrogen-bond donors (Lipinski definition) is 5. The van der Waals surface area contributed by atoms with Crippen molar-refractivity contribution in [1.82, 2.24) is 16.0 Å². The van der Waals surface area contributed by atoms with Gasteiger partial charge in [-0.15, -0.1) is 0 Å². The van der Waals surface area contributed by atoms with Crippen molar-refractivity contribution in [1.29, 1.82) is 0 Å². The van der Waals surface area contributed by atoms with Crippen LogP contribution in [-0.4, -0.2) is 91.2 Å². The topological polar surface area (TPSA) is 197 Å². The number of nitrogens with one attached hydrogen (secondary N) is 3. The van der Waals surface area contributed by atoms with Crippen LogP contribution in [0.2, 0.25) is 0 Å². The second-order valence-electron chi connectivity index (χ2n) is 12.7. The number of carboxylic acid groups (broad SMARTS) is 2. The zero-order valence-electron chi connectivity index (χ0n) is 30.0. The number of carbonyl (C=O) groups excluding carboxylic acids is 4. The number of rotatable bonds is 36. The Morgan fingerprint density at radius 3 is 1.29 bits per heavy atom. The summed E-state index contributed by atoms with van der Waals surface area (Å²) < 4.78 is 10.9. The molecule has 49 heavy (non-hydrogen) atoms. The van der Waals surface area contributed by atoms with Gasteiger partial charge in [-0.1, -0.05) is 89.9 Å². The maximum atomic E-state index is 12.0. The quantitative estimate of drug-likeness (QED) is 0.0550. The molecule has 0 spiro atoms. The molecule has 0 saturated heterocycles. The standard InChI is InChI=1S/C36H65N3O10/c1-30(40)20-21-31(36(46)47)39-34(43)23-22-33(42)38-25-27-49-29-28-48-26-24-37-32(41)18-16-14-12-10-8-6-4-2-3-5-7-9-11-13-15-17-19-35(44)45/h31H,2-29H2,1H3,(H,37,41)(H,38,42)(H,39,43)(H,44,45)(H,46,47)/t31-/m0/s1. The Bertz CT molecular complexity index is 915. The summed E-state index contributed by atoms with van der Waals surface area (Å²) >= 11 is 0. The fourth-order valence-corrected chi connectivity index (χ4v) is 5.16. The lowest BCUT2D eigenvalue weighted by atomic mass is 10.0. The minimum absolute atomic E-state index is 0.00515. The number of unbranched alkanes of at least 4 members (excludes halogenated alkanes) is 15. The third-order valence-electron chi connectivity index (χ3n) is 8.05. The summed E-state index contributed by atoms with van der Waals surface area (Å²) in [7, 11) is 0. The first-order chi connectivity index (χ1) is 23.6. The smallest absolute Gasteiger partial charge is 0.326 e. The Morgan fingerprint density at radius 2 is 0.878 bits per heavy atom. The van der Waals surface area contributed by atoms with E-state index in [4.69, 9.17) is 19.7 Å². The molecular formula is C36H65N3O10. The van der Waals surface area contributed by atoms with Crippen LogP contribution in [0.25, 0.3) is 0 Å². The average Bonchev–Trinajstić information content (AvgIpc) is 3.05. The van der Waals surface area contributed by atoms with Crippen molar-refractivity contribution in [2.75, 3.05) is 39.5 Å². The number of amides is 3. The minimum atomic E-state index is -1.22. The van der Waals surface area contributed by atoms with E-state index in [0.29, 0.717) is 39.2 Å². The van der Waals surface area contributed by atoms with Gasteiger partial charge in [-0.3, -0.25) is 19.2 Å². The van der Waals surface area contributed by atoms with Crippen LogP contribution in [0.3, 0.4) is 0 Å². The summed E-state index contributed by atoms with van der Waals surface area (Å²) in [5.74, 6) is -2.96. The highest BCUT2D eigenvalue weighted by Gasteiger charge is 2.20. The molecule has 0 aliphatic carbocycles. The third-order valence-corrected chi connectivity index (χ3v) is 8.05. The lowest BCUT2D eigenvalue weighted by molar-refractivity contribution is -0.142. The van der Waals surface area contributed by atoms with E-state index in [1.54, 1.807) is 0 Å². The van der Waals surface area contributed by atoms with Gasteiger partial charge in [-0.05, 0) is 26.2 Å². The molecule has 13 heteroatoms. The van der Waals surface area contributed by atoms with E-state index in [2.05, 4.69) is 16.0 Å². The second kappa shape index (κ2) is 33.4. The molecule has 0 aromatic rings. The number of ether oxygens (including phenoxy) is 2. The molecule has 0 radical (unpaired) electrons. The lowest BCUT2D eigenvalue weighted by Crippen LogP contribution is -2.41. The van der Waals surface area contributed by atoms with E-state index in [1.807, 2.05) is 0 Å². The monoisotopic (exact) mass is 699 g/mol. The fraction of sp³-hybridized carbons (Fsp3) is 0.833. The molecule has 1 atom stereocenters. The first-order valence-electron chi connectivity index (χ1n) is 18.5. The van der Waals surface area contributed by atoms with Crippen molar-refractivity contribution in [3.05, 3.63) is 0 Å². The molecule has 0 saturated carbocycles. The number of carbonyl (C=O) groups is 6. The highest BCUT2D eigenvalue weighted by Crippen LogP contribution is 2.14. The summed E-state index contributed by atoms with van der Waals surface area (Å²) in [5.41, 5.74) is 0. The van der Waals surface area contributed by atoms with E-state index < -0.39 is 23.9 Å². The van der Waals surface area contributed by atoms with Gasteiger partial charge in [0.05, 0.1) is 26.4 Å². The lowest BCUT2D eigenvalue weighted by Gasteiger charge is -2.13. The number of hydrogen-bond acceptors (Lipinski definition) is 8. The molecule has 13 nitrogen and oxygen atoms in total. The molecule has 0 aromatic carbocycles. The zero-order chi connectivity index (χ0) is 36.4. The molecule has 0 rings (SSSR count). The van der Waals surface area contributed by atoms with Crippen molar-refractivity contribution < 1.29 is 48.5 Å². The Hall–Kier alpha value is -3.06. The largest absolute Gasteiger partial charge is 0.481 e. The van der Waals surface area contributed by atoms with Crippen LogP contribution in [-0.2, 0) is 38.2 Å². The zero-order valence-corrected chi connectivity index (χ0v) is 30.0. The Kier molecular flexibility index (Phi) is 31.3. The van der Waals surface area contributed by atoms with Gasteiger partial charge >= 0.3 is 11.9 Å². The molecule has 0 bridgehead atoms. The van der Waals surface area contributed by atoms with Gasteiger partial charge in [0.15, 0.2) is 0 Å². The van der Waals surface area contributed by atoms with E-state index in [9.17, 15) is 28.8 Å². The third kappa shape index (κ3) is 34.6. The molecule has 0 fully saturated rings. The van der Waals surface area contributed by atoms with Crippen LogP contribution in [0.4, 0.5) is 0 Å². The summed E-state index contributed by atoms with van der Waals surface area (Å²) in [6.45, 7) is 3.41. The Balaban J connectivity index is 3.43. The predicted octanol–water partition coefficient (Wildman–Crippen LogP) is 5.08. The fourth-order valence-electron chi connectivity index (χ4n) is 5.16. The maximum absolute atomic E-state index is 12.0. The number of aliphatic carboxylic acids is 2. The van der Waals surface area contributed by atoms with Gasteiger partial charge in [0, 0.05) is 45.2 Å². The van der Waals surface area contributed by atoms with Crippen molar-refractivity contribution >= 4 is 35.4 Å². The average molecular weight is 700 g/mol. The summed E-state index contributed by atoms with van der Waals surface area (Å²) in [4.78, 5) is 68.5. The maximum Gasteiger partial charge on any atom is 0.326 e. The highest BCUT2D eigenvalue weighted by atomic mass is 16.5. The minimum Gasteiger partial charge on any atom is -0.481 e. The Morgan fingerprint density at radius 1 is 0.490 bits per heavy atom. The van der Waals surface area contributed by atoms with Crippen LogP contribution in [0, 0.1) is 0 Å². The molecule has 0 heterocycles. The van der Waals surface area contributed by atoms with Crippen molar-refractivity contribution in [2.45, 2.75) is 154 Å². The predicted molar refractivity (Wildman–Crippen MR) is 187 cm³/mol. The van der Waals surface area contributed by atoms with Gasteiger partial charge in [0.1, 0.15) is 11.8 Å². The van der Waals surface area contributed by atoms with Crippen LogP contribution >= 0.6 is 0 Å². The van der Waals surface area contributed by atoms with Crippen LogP contribution in [0.1, 0.15) is 148 Å². The van der Waals surface area contributed by atoms with Crippen molar-refractivity contribution in [3.63, 3.8) is 0 Å². The van der Waals surface area contributed by atoms with E-state index in [-0.39, 0.29) is 56.4 Å². The highest BCUT2D eigenvalue weighted by molar-refractivity contribution is 5.87.